The molecule has 0 bridgehead atoms. The number of benzene rings is 2. The predicted molar refractivity (Wildman–Crippen MR) is 84.7 cm³/mol. The highest BCUT2D eigenvalue weighted by molar-refractivity contribution is 9.10. The van der Waals surface area contributed by atoms with Crippen LogP contribution < -0.4 is 10.1 Å². The van der Waals surface area contributed by atoms with E-state index in [9.17, 15) is 10.1 Å². The normalized spacial score (nSPS) is 10.4. The molecule has 0 saturated heterocycles. The molecule has 1 N–H and O–H groups in total. The van der Waals surface area contributed by atoms with E-state index < -0.39 is 4.92 Å². The first-order valence-corrected chi connectivity index (χ1v) is 7.31. The zero-order valence-corrected chi connectivity index (χ0v) is 13.1. The van der Waals surface area contributed by atoms with Crippen molar-refractivity contribution >= 4 is 21.6 Å². The van der Waals surface area contributed by atoms with Gasteiger partial charge in [-0.3, -0.25) is 10.1 Å². The van der Waals surface area contributed by atoms with E-state index in [0.717, 1.165) is 18.7 Å². The molecule has 0 radical (unpaired) electrons. The van der Waals surface area contributed by atoms with E-state index in [1.807, 2.05) is 24.3 Å². The van der Waals surface area contributed by atoms with Gasteiger partial charge in [0.1, 0.15) is 16.0 Å². The monoisotopic (exact) mass is 350 g/mol. The van der Waals surface area contributed by atoms with Gasteiger partial charge in [0.15, 0.2) is 0 Å². The van der Waals surface area contributed by atoms with Crippen molar-refractivity contribution in [2.45, 2.75) is 13.5 Å². The standard InChI is InChI=1S/C15H15BrN2O3/c1-2-17-10-11-6-8-12(9-7-11)21-14-5-3-4-13(15(14)16)18(19)20/h3-9,17H,2,10H2,1H3. The molecule has 0 unspecified atom stereocenters. The first kappa shape index (κ1) is 15.5. The van der Waals surface area contributed by atoms with Gasteiger partial charge < -0.3 is 10.1 Å². The third-order valence-electron chi connectivity index (χ3n) is 2.87. The number of nitro groups is 1. The lowest BCUT2D eigenvalue weighted by molar-refractivity contribution is -0.385. The number of ether oxygens (including phenoxy) is 1. The van der Waals surface area contributed by atoms with Crippen LogP contribution in [-0.4, -0.2) is 11.5 Å². The molecule has 0 aliphatic heterocycles. The first-order chi connectivity index (χ1) is 10.1. The summed E-state index contributed by atoms with van der Waals surface area (Å²) in [5.74, 6) is 1.06. The van der Waals surface area contributed by atoms with E-state index in [2.05, 4.69) is 28.2 Å². The molecule has 21 heavy (non-hydrogen) atoms. The minimum Gasteiger partial charge on any atom is -0.456 e. The van der Waals surface area contributed by atoms with Crippen LogP contribution in [-0.2, 0) is 6.54 Å². The molecule has 0 spiro atoms. The number of nitro benzene ring substituents is 1. The molecule has 2 aromatic carbocycles. The lowest BCUT2D eigenvalue weighted by Gasteiger charge is -2.09. The lowest BCUT2D eigenvalue weighted by Crippen LogP contribution is -2.11. The Morgan fingerprint density at radius 1 is 1.24 bits per heavy atom. The lowest BCUT2D eigenvalue weighted by atomic mass is 10.2. The number of nitrogens with zero attached hydrogens (tertiary/aromatic N) is 1. The minimum absolute atomic E-state index is 0.0173. The third kappa shape index (κ3) is 4.03. The van der Waals surface area contributed by atoms with Crippen molar-refractivity contribution in [2.24, 2.45) is 0 Å². The quantitative estimate of drug-likeness (QED) is 0.624. The Bertz CT molecular complexity index is 629. The van der Waals surface area contributed by atoms with Crippen molar-refractivity contribution in [3.8, 4) is 11.5 Å². The van der Waals surface area contributed by atoms with Crippen LogP contribution in [0.4, 0.5) is 5.69 Å². The second kappa shape index (κ2) is 7.19. The van der Waals surface area contributed by atoms with Crippen LogP contribution in [0.1, 0.15) is 12.5 Å². The molecule has 6 heteroatoms. The van der Waals surface area contributed by atoms with Crippen molar-refractivity contribution in [1.29, 1.82) is 0 Å². The zero-order chi connectivity index (χ0) is 15.2. The molecule has 110 valence electrons. The summed E-state index contributed by atoms with van der Waals surface area (Å²) >= 11 is 3.21. The molecule has 0 aliphatic carbocycles. The van der Waals surface area contributed by atoms with Gasteiger partial charge in [0.25, 0.3) is 5.69 Å². The predicted octanol–water partition coefficient (Wildman–Crippen LogP) is 4.26. The molecule has 5 nitrogen and oxygen atoms in total. The number of halogens is 1. The summed E-state index contributed by atoms with van der Waals surface area (Å²) in [4.78, 5) is 10.4. The first-order valence-electron chi connectivity index (χ1n) is 6.52. The smallest absolute Gasteiger partial charge is 0.287 e. The van der Waals surface area contributed by atoms with E-state index in [0.29, 0.717) is 16.0 Å². The van der Waals surface area contributed by atoms with Crippen molar-refractivity contribution in [2.75, 3.05) is 6.54 Å². The van der Waals surface area contributed by atoms with Gasteiger partial charge in [0.05, 0.1) is 4.92 Å². The molecule has 0 atom stereocenters. The Morgan fingerprint density at radius 3 is 2.57 bits per heavy atom. The van der Waals surface area contributed by atoms with E-state index >= 15 is 0 Å². The number of hydrogen-bond donors (Lipinski definition) is 1. The number of rotatable bonds is 6. The minimum atomic E-state index is -0.448. The van der Waals surface area contributed by atoms with Crippen LogP contribution in [0.25, 0.3) is 0 Å². The molecule has 0 fully saturated rings. The van der Waals surface area contributed by atoms with Gasteiger partial charge >= 0.3 is 0 Å². The number of hydrogen-bond acceptors (Lipinski definition) is 4. The average Bonchev–Trinajstić information content (AvgIpc) is 2.48. The van der Waals surface area contributed by atoms with Gasteiger partial charge in [-0.25, -0.2) is 0 Å². The summed E-state index contributed by atoms with van der Waals surface area (Å²) in [5, 5.41) is 14.1. The van der Waals surface area contributed by atoms with Crippen LogP contribution in [0, 0.1) is 10.1 Å². The van der Waals surface area contributed by atoms with Crippen LogP contribution in [0.15, 0.2) is 46.9 Å². The highest BCUT2D eigenvalue weighted by atomic mass is 79.9. The molecule has 2 rings (SSSR count). The molecule has 0 saturated carbocycles. The molecule has 0 heterocycles. The maximum Gasteiger partial charge on any atom is 0.287 e. The molecular weight excluding hydrogens is 336 g/mol. The van der Waals surface area contributed by atoms with Gasteiger partial charge in [-0.05, 0) is 46.2 Å². The highest BCUT2D eigenvalue weighted by Crippen LogP contribution is 2.36. The summed E-state index contributed by atoms with van der Waals surface area (Å²) in [7, 11) is 0. The summed E-state index contributed by atoms with van der Waals surface area (Å²) in [6.07, 6.45) is 0. The van der Waals surface area contributed by atoms with Gasteiger partial charge in [0.2, 0.25) is 0 Å². The molecule has 0 amide bonds. The Labute approximate surface area is 131 Å². The molecule has 2 aromatic rings. The van der Waals surface area contributed by atoms with E-state index in [4.69, 9.17) is 4.74 Å². The van der Waals surface area contributed by atoms with Crippen LogP contribution in [0.2, 0.25) is 0 Å². The average molecular weight is 351 g/mol. The topological polar surface area (TPSA) is 64.4 Å². The van der Waals surface area contributed by atoms with Gasteiger partial charge in [-0.1, -0.05) is 25.1 Å². The summed E-state index contributed by atoms with van der Waals surface area (Å²) < 4.78 is 6.03. The van der Waals surface area contributed by atoms with E-state index in [-0.39, 0.29) is 5.69 Å². The number of nitrogens with one attached hydrogen (secondary N) is 1. The highest BCUT2D eigenvalue weighted by Gasteiger charge is 2.16. The van der Waals surface area contributed by atoms with Crippen LogP contribution in [0.3, 0.4) is 0 Å². The van der Waals surface area contributed by atoms with Crippen molar-refractivity contribution in [3.05, 3.63) is 62.6 Å². The van der Waals surface area contributed by atoms with E-state index in [1.165, 1.54) is 6.07 Å². The maximum absolute atomic E-state index is 10.9. The Morgan fingerprint density at radius 2 is 1.95 bits per heavy atom. The van der Waals surface area contributed by atoms with Crippen LogP contribution in [0.5, 0.6) is 11.5 Å². The fourth-order valence-electron chi connectivity index (χ4n) is 1.79. The Hall–Kier alpha value is -1.92. The zero-order valence-electron chi connectivity index (χ0n) is 11.5. The van der Waals surface area contributed by atoms with Gasteiger partial charge in [-0.2, -0.15) is 0 Å². The SMILES string of the molecule is CCNCc1ccc(Oc2cccc([N+](=O)[O-])c2Br)cc1. The van der Waals surface area contributed by atoms with Gasteiger partial charge in [0, 0.05) is 12.6 Å². The second-order valence-corrected chi connectivity index (χ2v) is 5.17. The van der Waals surface area contributed by atoms with Gasteiger partial charge in [-0.15, -0.1) is 0 Å². The van der Waals surface area contributed by atoms with Crippen LogP contribution >= 0.6 is 15.9 Å². The molecule has 0 aromatic heterocycles. The fourth-order valence-corrected chi connectivity index (χ4v) is 2.28. The summed E-state index contributed by atoms with van der Waals surface area (Å²) in [6.45, 7) is 3.77. The summed E-state index contributed by atoms with van der Waals surface area (Å²) in [5.41, 5.74) is 1.14. The van der Waals surface area contributed by atoms with Crippen molar-refractivity contribution < 1.29 is 9.66 Å². The van der Waals surface area contributed by atoms with Crippen molar-refractivity contribution in [3.63, 3.8) is 0 Å². The molecular formula is C15H15BrN2O3. The largest absolute Gasteiger partial charge is 0.456 e. The van der Waals surface area contributed by atoms with E-state index in [1.54, 1.807) is 12.1 Å². The Balaban J connectivity index is 2.15. The maximum atomic E-state index is 10.9. The Kier molecular flexibility index (Phi) is 5.30. The fraction of sp³-hybridized carbons (Fsp3) is 0.200. The van der Waals surface area contributed by atoms with Crippen molar-refractivity contribution in [1.82, 2.24) is 5.32 Å². The third-order valence-corrected chi connectivity index (χ3v) is 3.67. The summed E-state index contributed by atoms with van der Waals surface area (Å²) in [6, 6.07) is 12.3. The second-order valence-electron chi connectivity index (χ2n) is 4.37. The molecule has 0 aliphatic rings.